The summed E-state index contributed by atoms with van der Waals surface area (Å²) in [7, 11) is 0. The molecular formula is C8H13NO2S. The van der Waals surface area contributed by atoms with Crippen molar-refractivity contribution in [2.45, 2.75) is 18.9 Å². The molecule has 0 aromatic carbocycles. The van der Waals surface area contributed by atoms with E-state index in [0.717, 1.165) is 19.6 Å². The lowest BCUT2D eigenvalue weighted by molar-refractivity contribution is 0.117. The third kappa shape index (κ3) is 1.45. The molecule has 12 heavy (non-hydrogen) atoms. The molecule has 4 heteroatoms. The van der Waals surface area contributed by atoms with Crippen molar-refractivity contribution in [1.29, 1.82) is 0 Å². The van der Waals surface area contributed by atoms with E-state index in [0.29, 0.717) is 12.5 Å². The Morgan fingerprint density at radius 1 is 1.42 bits per heavy atom. The van der Waals surface area contributed by atoms with Crippen LogP contribution in [0.2, 0.25) is 0 Å². The molecule has 3 heterocycles. The summed E-state index contributed by atoms with van der Waals surface area (Å²) in [5.41, 5.74) is 0. The van der Waals surface area contributed by atoms with E-state index in [2.05, 4.69) is 12.6 Å². The number of carbonyl (C=O) groups excluding carboxylic acids is 1. The molecule has 0 N–H and O–H groups in total. The Morgan fingerprint density at radius 2 is 2.25 bits per heavy atom. The fourth-order valence-corrected chi connectivity index (χ4v) is 2.26. The molecule has 0 radical (unpaired) electrons. The lowest BCUT2D eigenvalue weighted by atomic mass is 9.96. The standard InChI is InChI=1S/C8H13NO2S/c10-8(12)9-3-6-1-2-7(9)5-11-4-6/h6-7H,1-5H2,(H,10,12). The number of piperidine rings is 1. The summed E-state index contributed by atoms with van der Waals surface area (Å²) in [6, 6.07) is 0.286. The first-order chi connectivity index (χ1) is 5.77. The van der Waals surface area contributed by atoms with Gasteiger partial charge in [-0.2, -0.15) is 0 Å². The van der Waals surface area contributed by atoms with Gasteiger partial charge in [0, 0.05) is 12.5 Å². The Balaban J connectivity index is 2.11. The number of fused-ring (bicyclic) bond motifs is 4. The first-order valence-corrected chi connectivity index (χ1v) is 4.79. The summed E-state index contributed by atoms with van der Waals surface area (Å²) in [5.74, 6) is 0.542. The molecule has 68 valence electrons. The smallest absolute Gasteiger partial charge is 0.278 e. The van der Waals surface area contributed by atoms with Crippen LogP contribution in [-0.2, 0) is 4.74 Å². The van der Waals surface area contributed by atoms with Crippen molar-refractivity contribution in [3.8, 4) is 0 Å². The molecule has 0 aromatic rings. The Bertz CT molecular complexity index is 193. The van der Waals surface area contributed by atoms with Gasteiger partial charge < -0.3 is 9.64 Å². The number of carbonyl (C=O) groups is 1. The maximum atomic E-state index is 11.1. The van der Waals surface area contributed by atoms with Crippen LogP contribution in [0.4, 0.5) is 4.79 Å². The molecule has 3 rings (SSSR count). The lowest BCUT2D eigenvalue weighted by Gasteiger charge is -2.34. The van der Waals surface area contributed by atoms with Crippen molar-refractivity contribution >= 4 is 17.9 Å². The summed E-state index contributed by atoms with van der Waals surface area (Å²) in [5, 5.41) is -0.102. The number of hydrogen-bond donors (Lipinski definition) is 1. The number of nitrogens with zero attached hydrogens (tertiary/aromatic N) is 1. The van der Waals surface area contributed by atoms with E-state index in [1.807, 2.05) is 4.90 Å². The summed E-state index contributed by atoms with van der Waals surface area (Å²) < 4.78 is 5.43. The molecule has 0 aliphatic carbocycles. The second-order valence-corrected chi connectivity index (χ2v) is 3.95. The third-order valence-corrected chi connectivity index (χ3v) is 2.97. The average Bonchev–Trinajstić information content (AvgIpc) is 2.36. The van der Waals surface area contributed by atoms with Crippen molar-refractivity contribution in [3.63, 3.8) is 0 Å². The Kier molecular flexibility index (Phi) is 2.28. The number of rotatable bonds is 0. The van der Waals surface area contributed by atoms with E-state index in [1.54, 1.807) is 0 Å². The predicted molar refractivity (Wildman–Crippen MR) is 48.4 cm³/mol. The SMILES string of the molecule is O=C(S)N1CC2CCC1COC2. The summed E-state index contributed by atoms with van der Waals surface area (Å²) >= 11 is 3.85. The lowest BCUT2D eigenvalue weighted by Crippen LogP contribution is -2.44. The highest BCUT2D eigenvalue weighted by Gasteiger charge is 2.33. The maximum Gasteiger partial charge on any atom is 0.278 e. The molecule has 0 aromatic heterocycles. The molecule has 3 aliphatic heterocycles. The van der Waals surface area contributed by atoms with Gasteiger partial charge in [0.2, 0.25) is 0 Å². The minimum absolute atomic E-state index is 0.102. The predicted octanol–water partition coefficient (Wildman–Crippen LogP) is 1.15. The second-order valence-electron chi connectivity index (χ2n) is 3.57. The van der Waals surface area contributed by atoms with Gasteiger partial charge in [-0.25, -0.2) is 0 Å². The molecule has 2 atom stereocenters. The molecule has 0 saturated carbocycles. The van der Waals surface area contributed by atoms with Crippen LogP contribution in [0, 0.1) is 5.92 Å². The topological polar surface area (TPSA) is 29.5 Å². The Labute approximate surface area is 77.5 Å². The zero-order valence-electron chi connectivity index (χ0n) is 6.90. The van der Waals surface area contributed by atoms with E-state index in [4.69, 9.17) is 4.74 Å². The Morgan fingerprint density at radius 3 is 3.00 bits per heavy atom. The molecule has 3 fully saturated rings. The number of amides is 1. The monoisotopic (exact) mass is 187 g/mol. The van der Waals surface area contributed by atoms with Gasteiger partial charge in [-0.3, -0.25) is 4.79 Å². The van der Waals surface area contributed by atoms with Crippen molar-refractivity contribution in [2.75, 3.05) is 19.8 Å². The van der Waals surface area contributed by atoms with Crippen LogP contribution in [0.5, 0.6) is 0 Å². The van der Waals surface area contributed by atoms with Gasteiger partial charge in [0.15, 0.2) is 0 Å². The summed E-state index contributed by atoms with van der Waals surface area (Å²) in [6.45, 7) is 2.35. The van der Waals surface area contributed by atoms with Gasteiger partial charge >= 0.3 is 0 Å². The third-order valence-electron chi connectivity index (χ3n) is 2.71. The number of thiol groups is 1. The summed E-state index contributed by atoms with van der Waals surface area (Å²) in [4.78, 5) is 12.9. The van der Waals surface area contributed by atoms with Crippen LogP contribution in [0.25, 0.3) is 0 Å². The zero-order chi connectivity index (χ0) is 8.55. The normalized spacial score (nSPS) is 34.9. The van der Waals surface area contributed by atoms with Crippen LogP contribution >= 0.6 is 12.6 Å². The van der Waals surface area contributed by atoms with Gasteiger partial charge in [0.25, 0.3) is 5.24 Å². The quantitative estimate of drug-likeness (QED) is 0.576. The van der Waals surface area contributed by atoms with Gasteiger partial charge in [-0.05, 0) is 12.8 Å². The fraction of sp³-hybridized carbons (Fsp3) is 0.875. The van der Waals surface area contributed by atoms with Gasteiger partial charge in [0.05, 0.1) is 19.3 Å². The number of ether oxygens (including phenoxy) is 1. The van der Waals surface area contributed by atoms with Crippen LogP contribution in [0.3, 0.4) is 0 Å². The molecule has 3 aliphatic rings. The van der Waals surface area contributed by atoms with Crippen LogP contribution in [-0.4, -0.2) is 35.9 Å². The first kappa shape index (κ1) is 8.38. The highest BCUT2D eigenvalue weighted by molar-refractivity contribution is 7.96. The van der Waals surface area contributed by atoms with E-state index in [9.17, 15) is 4.79 Å². The van der Waals surface area contributed by atoms with Gasteiger partial charge in [0.1, 0.15) is 0 Å². The van der Waals surface area contributed by atoms with Crippen molar-refractivity contribution < 1.29 is 9.53 Å². The molecular weight excluding hydrogens is 174 g/mol. The minimum Gasteiger partial charge on any atom is -0.379 e. The van der Waals surface area contributed by atoms with Crippen molar-refractivity contribution in [2.24, 2.45) is 5.92 Å². The van der Waals surface area contributed by atoms with E-state index >= 15 is 0 Å². The van der Waals surface area contributed by atoms with Crippen molar-refractivity contribution in [1.82, 2.24) is 4.90 Å². The van der Waals surface area contributed by atoms with Gasteiger partial charge in [-0.1, -0.05) is 12.6 Å². The highest BCUT2D eigenvalue weighted by Crippen LogP contribution is 2.27. The first-order valence-electron chi connectivity index (χ1n) is 4.34. The molecule has 0 spiro atoms. The molecule has 2 bridgehead atoms. The van der Waals surface area contributed by atoms with Crippen molar-refractivity contribution in [3.05, 3.63) is 0 Å². The molecule has 1 amide bonds. The van der Waals surface area contributed by atoms with Crippen LogP contribution < -0.4 is 0 Å². The van der Waals surface area contributed by atoms with E-state index in [1.165, 1.54) is 6.42 Å². The van der Waals surface area contributed by atoms with Gasteiger partial charge in [-0.15, -0.1) is 0 Å². The second kappa shape index (κ2) is 3.26. The van der Waals surface area contributed by atoms with Crippen LogP contribution in [0.15, 0.2) is 0 Å². The fourth-order valence-electron chi connectivity index (χ4n) is 2.02. The van der Waals surface area contributed by atoms with Crippen LogP contribution in [0.1, 0.15) is 12.8 Å². The van der Waals surface area contributed by atoms with E-state index < -0.39 is 0 Å². The minimum atomic E-state index is -0.102. The molecule has 3 saturated heterocycles. The Hall–Kier alpha value is -0.220. The van der Waals surface area contributed by atoms with E-state index in [-0.39, 0.29) is 11.3 Å². The number of hydrogen-bond acceptors (Lipinski definition) is 2. The molecule has 3 nitrogen and oxygen atoms in total. The zero-order valence-corrected chi connectivity index (χ0v) is 7.80. The maximum absolute atomic E-state index is 11.1. The molecule has 2 unspecified atom stereocenters. The largest absolute Gasteiger partial charge is 0.379 e. The summed E-state index contributed by atoms with van der Waals surface area (Å²) in [6.07, 6.45) is 2.28. The highest BCUT2D eigenvalue weighted by atomic mass is 32.1. The average molecular weight is 187 g/mol.